The predicted octanol–water partition coefficient (Wildman–Crippen LogP) is 4.77. The molecule has 29 heavy (non-hydrogen) atoms. The zero-order chi connectivity index (χ0) is 20.4. The fourth-order valence-corrected chi connectivity index (χ4v) is 3.02. The van der Waals surface area contributed by atoms with Gasteiger partial charge in [0, 0.05) is 18.3 Å². The molecule has 0 saturated carbocycles. The number of aromatic nitrogens is 5. The van der Waals surface area contributed by atoms with Gasteiger partial charge in [-0.3, -0.25) is 9.55 Å². The van der Waals surface area contributed by atoms with Gasteiger partial charge in [0.25, 0.3) is 0 Å². The number of anilines is 2. The van der Waals surface area contributed by atoms with Crippen LogP contribution in [0.15, 0.2) is 48.9 Å². The highest BCUT2D eigenvalue weighted by molar-refractivity contribution is 6.31. The fraction of sp³-hybridized carbons (Fsp3) is 0.158. The zero-order valence-electron chi connectivity index (χ0n) is 15.2. The first-order valence-corrected chi connectivity index (χ1v) is 9.08. The summed E-state index contributed by atoms with van der Waals surface area (Å²) >= 11 is 6.10. The Balaban J connectivity index is 1.66. The molecule has 4 rings (SSSR count). The SMILES string of the molecule is CCc1nc2ncc(Cl)cc2n1-c1cncc(Nc2ccc(OC(F)F)cc2)n1. The fourth-order valence-electron chi connectivity index (χ4n) is 2.87. The quantitative estimate of drug-likeness (QED) is 0.487. The van der Waals surface area contributed by atoms with Crippen LogP contribution >= 0.6 is 11.6 Å². The van der Waals surface area contributed by atoms with E-state index in [9.17, 15) is 8.78 Å². The lowest BCUT2D eigenvalue weighted by Gasteiger charge is -2.10. The molecule has 3 aromatic heterocycles. The van der Waals surface area contributed by atoms with Crippen LogP contribution < -0.4 is 10.1 Å². The molecule has 0 unspecified atom stereocenters. The minimum absolute atomic E-state index is 0.0761. The number of aryl methyl sites for hydroxylation is 1. The monoisotopic (exact) mass is 416 g/mol. The van der Waals surface area contributed by atoms with E-state index in [1.165, 1.54) is 12.1 Å². The summed E-state index contributed by atoms with van der Waals surface area (Å²) in [6.07, 6.45) is 5.39. The number of nitrogens with zero attached hydrogens (tertiary/aromatic N) is 5. The van der Waals surface area contributed by atoms with Crippen molar-refractivity contribution in [3.63, 3.8) is 0 Å². The van der Waals surface area contributed by atoms with Gasteiger partial charge in [0.2, 0.25) is 0 Å². The van der Waals surface area contributed by atoms with E-state index in [4.69, 9.17) is 11.6 Å². The van der Waals surface area contributed by atoms with Gasteiger partial charge in [0.1, 0.15) is 11.6 Å². The van der Waals surface area contributed by atoms with Crippen LogP contribution in [0.4, 0.5) is 20.3 Å². The van der Waals surface area contributed by atoms with E-state index < -0.39 is 6.61 Å². The van der Waals surface area contributed by atoms with Crippen LogP contribution in [0.1, 0.15) is 12.7 Å². The number of hydrogen-bond donors (Lipinski definition) is 1. The van der Waals surface area contributed by atoms with Crippen LogP contribution in [0, 0.1) is 0 Å². The van der Waals surface area contributed by atoms with E-state index in [0.29, 0.717) is 34.4 Å². The third kappa shape index (κ3) is 4.09. The summed E-state index contributed by atoms with van der Waals surface area (Å²) in [6.45, 7) is -0.880. The Hall–Kier alpha value is -3.33. The normalized spacial score (nSPS) is 11.2. The summed E-state index contributed by atoms with van der Waals surface area (Å²) in [5, 5.41) is 3.59. The first kappa shape index (κ1) is 19.0. The maximum Gasteiger partial charge on any atom is 0.387 e. The lowest BCUT2D eigenvalue weighted by Crippen LogP contribution is -2.05. The number of rotatable bonds is 6. The first-order valence-electron chi connectivity index (χ1n) is 8.70. The Morgan fingerprint density at radius 1 is 1.14 bits per heavy atom. The molecular weight excluding hydrogens is 402 g/mol. The van der Waals surface area contributed by atoms with Crippen molar-refractivity contribution in [1.29, 1.82) is 0 Å². The third-order valence-electron chi connectivity index (χ3n) is 4.07. The molecule has 3 heterocycles. The highest BCUT2D eigenvalue weighted by atomic mass is 35.5. The number of fused-ring (bicyclic) bond motifs is 1. The average Bonchev–Trinajstić information content (AvgIpc) is 3.07. The highest BCUT2D eigenvalue weighted by Crippen LogP contribution is 2.24. The van der Waals surface area contributed by atoms with Gasteiger partial charge in [-0.1, -0.05) is 18.5 Å². The van der Waals surface area contributed by atoms with E-state index in [1.807, 2.05) is 11.5 Å². The molecule has 0 bridgehead atoms. The van der Waals surface area contributed by atoms with Gasteiger partial charge >= 0.3 is 6.61 Å². The number of imidazole rings is 1. The molecule has 0 fully saturated rings. The van der Waals surface area contributed by atoms with E-state index in [-0.39, 0.29) is 5.75 Å². The van der Waals surface area contributed by atoms with Gasteiger partial charge < -0.3 is 10.1 Å². The molecule has 0 spiro atoms. The van der Waals surface area contributed by atoms with Crippen molar-refractivity contribution in [3.05, 3.63) is 59.8 Å². The van der Waals surface area contributed by atoms with Crippen molar-refractivity contribution in [1.82, 2.24) is 24.5 Å². The lowest BCUT2D eigenvalue weighted by molar-refractivity contribution is -0.0498. The van der Waals surface area contributed by atoms with Gasteiger partial charge in [-0.15, -0.1) is 0 Å². The molecular formula is C19H15ClF2N6O. The van der Waals surface area contributed by atoms with Crippen molar-refractivity contribution < 1.29 is 13.5 Å². The number of nitrogens with one attached hydrogen (secondary N) is 1. The smallest absolute Gasteiger partial charge is 0.387 e. The van der Waals surface area contributed by atoms with Gasteiger partial charge in [0.15, 0.2) is 17.3 Å². The summed E-state index contributed by atoms with van der Waals surface area (Å²) in [6, 6.07) is 7.88. The Kier molecular flexibility index (Phi) is 5.22. The Morgan fingerprint density at radius 2 is 1.93 bits per heavy atom. The number of ether oxygens (including phenoxy) is 1. The van der Waals surface area contributed by atoms with Crippen LogP contribution in [-0.4, -0.2) is 31.1 Å². The Bertz CT molecular complexity index is 1150. The van der Waals surface area contributed by atoms with Crippen molar-refractivity contribution >= 4 is 34.3 Å². The summed E-state index contributed by atoms with van der Waals surface area (Å²) in [5.41, 5.74) is 1.95. The number of benzene rings is 1. The lowest BCUT2D eigenvalue weighted by atomic mass is 10.3. The molecule has 0 aliphatic carbocycles. The number of hydrogen-bond acceptors (Lipinski definition) is 6. The number of pyridine rings is 1. The number of halogens is 3. The second kappa shape index (κ2) is 7.96. The molecule has 0 aliphatic rings. The van der Waals surface area contributed by atoms with Crippen LogP contribution in [0.2, 0.25) is 5.02 Å². The predicted molar refractivity (Wildman–Crippen MR) is 105 cm³/mol. The average molecular weight is 417 g/mol. The summed E-state index contributed by atoms with van der Waals surface area (Å²) in [7, 11) is 0. The second-order valence-corrected chi connectivity index (χ2v) is 6.44. The molecule has 0 radical (unpaired) electrons. The Labute approximate surface area is 169 Å². The van der Waals surface area contributed by atoms with Crippen molar-refractivity contribution in [2.75, 3.05) is 5.32 Å². The molecule has 0 saturated heterocycles. The summed E-state index contributed by atoms with van der Waals surface area (Å²) < 4.78 is 30.7. The molecule has 4 aromatic rings. The van der Waals surface area contributed by atoms with Crippen LogP contribution in [-0.2, 0) is 6.42 Å². The van der Waals surface area contributed by atoms with Crippen molar-refractivity contribution in [3.8, 4) is 11.6 Å². The standard InChI is InChI=1S/C19H15ClF2N6O/c1-2-16-27-18-14(7-11(20)8-24-18)28(16)17-10-23-9-15(26-17)25-12-3-5-13(6-4-12)29-19(21)22/h3-10,19H,2H2,1H3,(H,25,26). The van der Waals surface area contributed by atoms with Crippen molar-refractivity contribution in [2.45, 2.75) is 20.0 Å². The molecule has 1 aromatic carbocycles. The molecule has 10 heteroatoms. The van der Waals surface area contributed by atoms with Crippen LogP contribution in [0.3, 0.4) is 0 Å². The van der Waals surface area contributed by atoms with E-state index in [1.54, 1.807) is 36.8 Å². The largest absolute Gasteiger partial charge is 0.435 e. The minimum Gasteiger partial charge on any atom is -0.435 e. The maximum absolute atomic E-state index is 12.3. The molecule has 0 aliphatic heterocycles. The third-order valence-corrected chi connectivity index (χ3v) is 4.27. The van der Waals surface area contributed by atoms with Gasteiger partial charge in [-0.2, -0.15) is 8.78 Å². The van der Waals surface area contributed by atoms with Gasteiger partial charge in [-0.25, -0.2) is 15.0 Å². The van der Waals surface area contributed by atoms with Crippen LogP contribution in [0.25, 0.3) is 17.0 Å². The van der Waals surface area contributed by atoms with Crippen LogP contribution in [0.5, 0.6) is 5.75 Å². The molecule has 7 nitrogen and oxygen atoms in total. The molecule has 0 amide bonds. The molecule has 0 atom stereocenters. The van der Waals surface area contributed by atoms with E-state index in [0.717, 1.165) is 11.3 Å². The van der Waals surface area contributed by atoms with Gasteiger partial charge in [0.05, 0.1) is 22.9 Å². The topological polar surface area (TPSA) is 77.8 Å². The molecule has 1 N–H and O–H groups in total. The first-order chi connectivity index (χ1) is 14.0. The van der Waals surface area contributed by atoms with E-state index in [2.05, 4.69) is 30.0 Å². The van der Waals surface area contributed by atoms with Crippen molar-refractivity contribution in [2.24, 2.45) is 0 Å². The Morgan fingerprint density at radius 3 is 2.66 bits per heavy atom. The second-order valence-electron chi connectivity index (χ2n) is 6.00. The summed E-state index contributed by atoms with van der Waals surface area (Å²) in [5.74, 6) is 1.88. The maximum atomic E-state index is 12.3. The summed E-state index contributed by atoms with van der Waals surface area (Å²) in [4.78, 5) is 17.6. The van der Waals surface area contributed by atoms with E-state index >= 15 is 0 Å². The zero-order valence-corrected chi connectivity index (χ0v) is 15.9. The highest BCUT2D eigenvalue weighted by Gasteiger charge is 2.14. The molecule has 148 valence electrons. The minimum atomic E-state index is -2.86. The van der Waals surface area contributed by atoms with Gasteiger partial charge in [-0.05, 0) is 30.3 Å². The number of alkyl halides is 2.